The monoisotopic (exact) mass is 532 g/mol. The highest BCUT2D eigenvalue weighted by Crippen LogP contribution is 2.42. The Bertz CT molecular complexity index is 1100. The fraction of sp³-hybridized carbons (Fsp3) is 0.600. The number of likely N-dealkylation sites (tertiary alicyclic amines) is 1. The number of nitrogens with zero attached hydrogens (tertiary/aromatic N) is 3. The van der Waals surface area contributed by atoms with Crippen molar-refractivity contribution in [1.82, 2.24) is 15.1 Å². The molecular formula is C25H27F7N4O. The number of hydrogen-bond acceptors (Lipinski definition) is 5. The van der Waals surface area contributed by atoms with Crippen LogP contribution in [0.5, 0.6) is 0 Å². The first-order chi connectivity index (χ1) is 17.5. The van der Waals surface area contributed by atoms with Crippen molar-refractivity contribution in [2.24, 2.45) is 17.8 Å². The molecule has 1 N–H and O–H groups in total. The average molecular weight is 533 g/mol. The fourth-order valence-electron chi connectivity index (χ4n) is 5.90. The molecule has 0 bridgehead atoms. The Labute approximate surface area is 209 Å². The van der Waals surface area contributed by atoms with Crippen LogP contribution in [-0.2, 0) is 17.1 Å². The highest BCUT2D eigenvalue weighted by Gasteiger charge is 2.43. The maximum absolute atomic E-state index is 14.3. The lowest BCUT2D eigenvalue weighted by atomic mass is 10.00. The van der Waals surface area contributed by atoms with E-state index in [-0.39, 0.29) is 6.04 Å². The van der Waals surface area contributed by atoms with Crippen LogP contribution >= 0.6 is 0 Å². The van der Waals surface area contributed by atoms with E-state index in [1.54, 1.807) is 0 Å². The SMILES string of the molecule is Fc1ccc(C(F)(F)F)cc1-c1cc(C(F)(F)F)c(NC2C[C@@H]3CN(CC4CCOCC4)C[C@H]3C2)nn1. The smallest absolute Gasteiger partial charge is 0.381 e. The van der Waals surface area contributed by atoms with Gasteiger partial charge in [0.1, 0.15) is 11.4 Å². The van der Waals surface area contributed by atoms with Crippen molar-refractivity contribution in [1.29, 1.82) is 0 Å². The predicted octanol–water partition coefficient (Wildman–Crippen LogP) is 5.87. The molecule has 2 saturated heterocycles. The maximum Gasteiger partial charge on any atom is 0.420 e. The van der Waals surface area contributed by atoms with Gasteiger partial charge in [-0.15, -0.1) is 10.2 Å². The summed E-state index contributed by atoms with van der Waals surface area (Å²) >= 11 is 0. The number of fused-ring (bicyclic) bond motifs is 1. The van der Waals surface area contributed by atoms with E-state index in [2.05, 4.69) is 20.4 Å². The number of aromatic nitrogens is 2. The second-order valence-corrected chi connectivity index (χ2v) is 10.3. The van der Waals surface area contributed by atoms with E-state index in [1.165, 1.54) is 0 Å². The van der Waals surface area contributed by atoms with Crippen LogP contribution in [0.4, 0.5) is 36.6 Å². The first kappa shape index (κ1) is 26.1. The normalized spacial score (nSPS) is 24.0. The minimum atomic E-state index is -4.86. The zero-order valence-electron chi connectivity index (χ0n) is 19.9. The van der Waals surface area contributed by atoms with Gasteiger partial charge in [0.15, 0.2) is 5.82 Å². The lowest BCUT2D eigenvalue weighted by Crippen LogP contribution is -2.32. The van der Waals surface area contributed by atoms with E-state index in [4.69, 9.17) is 4.74 Å². The van der Waals surface area contributed by atoms with Crippen molar-refractivity contribution in [3.05, 3.63) is 41.2 Å². The standard InChI is InChI=1S/C25H27F7N4O/c26-21-2-1-17(24(27,28)29)9-19(21)22-10-20(25(30,31)32)23(35-34-22)33-18-7-15-12-36(13-16(15)8-18)11-14-3-5-37-6-4-14/h1-2,9-10,14-16,18H,3-8,11-13H2,(H,33,35)/t15-,16-/m1/s1. The fourth-order valence-corrected chi connectivity index (χ4v) is 5.90. The molecule has 0 unspecified atom stereocenters. The molecule has 0 amide bonds. The lowest BCUT2D eigenvalue weighted by molar-refractivity contribution is -0.138. The molecule has 5 nitrogen and oxygen atoms in total. The quantitative estimate of drug-likeness (QED) is 0.489. The number of anilines is 1. The van der Waals surface area contributed by atoms with Gasteiger partial charge in [-0.3, -0.25) is 0 Å². The Hall–Kier alpha value is -2.47. The van der Waals surface area contributed by atoms with Crippen LogP contribution in [0.1, 0.15) is 36.8 Å². The summed E-state index contributed by atoms with van der Waals surface area (Å²) in [6, 6.07) is 1.85. The summed E-state index contributed by atoms with van der Waals surface area (Å²) in [6.45, 7) is 4.42. The number of halogens is 7. The summed E-state index contributed by atoms with van der Waals surface area (Å²) in [5.41, 5.74) is -3.69. The molecule has 1 aliphatic carbocycles. The van der Waals surface area contributed by atoms with Crippen LogP contribution in [0, 0.1) is 23.6 Å². The molecule has 3 heterocycles. The molecule has 2 aromatic rings. The molecule has 0 spiro atoms. The number of nitrogens with one attached hydrogen (secondary N) is 1. The summed E-state index contributed by atoms with van der Waals surface area (Å²) in [6.07, 6.45) is -6.16. The lowest BCUT2D eigenvalue weighted by Gasteiger charge is -2.28. The number of benzene rings is 1. The van der Waals surface area contributed by atoms with Crippen molar-refractivity contribution >= 4 is 5.82 Å². The van der Waals surface area contributed by atoms with Gasteiger partial charge in [-0.25, -0.2) is 4.39 Å². The van der Waals surface area contributed by atoms with Crippen LogP contribution in [0.2, 0.25) is 0 Å². The number of alkyl halides is 6. The van der Waals surface area contributed by atoms with E-state index < -0.39 is 46.4 Å². The third-order valence-electron chi connectivity index (χ3n) is 7.69. The summed E-state index contributed by atoms with van der Waals surface area (Å²) < 4.78 is 101. The van der Waals surface area contributed by atoms with Crippen molar-refractivity contribution in [3.8, 4) is 11.3 Å². The van der Waals surface area contributed by atoms with Gasteiger partial charge in [-0.05, 0) is 67.7 Å². The highest BCUT2D eigenvalue weighted by atomic mass is 19.4. The molecule has 1 aromatic carbocycles. The molecule has 3 fully saturated rings. The largest absolute Gasteiger partial charge is 0.420 e. The number of rotatable bonds is 5. The second-order valence-electron chi connectivity index (χ2n) is 10.3. The van der Waals surface area contributed by atoms with Crippen LogP contribution in [0.25, 0.3) is 11.3 Å². The molecule has 202 valence electrons. The molecule has 1 aromatic heterocycles. The van der Waals surface area contributed by atoms with Crippen LogP contribution in [0.15, 0.2) is 24.3 Å². The molecular weight excluding hydrogens is 505 g/mol. The predicted molar refractivity (Wildman–Crippen MR) is 121 cm³/mol. The minimum absolute atomic E-state index is 0.230. The summed E-state index contributed by atoms with van der Waals surface area (Å²) in [4.78, 5) is 2.45. The third kappa shape index (κ3) is 5.84. The van der Waals surface area contributed by atoms with Gasteiger partial charge in [0.25, 0.3) is 0 Å². The molecule has 5 rings (SSSR count). The Morgan fingerprint density at radius 2 is 1.59 bits per heavy atom. The van der Waals surface area contributed by atoms with Gasteiger partial charge in [-0.2, -0.15) is 26.3 Å². The van der Waals surface area contributed by atoms with Gasteiger partial charge < -0.3 is 15.0 Å². The van der Waals surface area contributed by atoms with Crippen molar-refractivity contribution < 1.29 is 35.5 Å². The van der Waals surface area contributed by atoms with Gasteiger partial charge in [0.2, 0.25) is 0 Å². The van der Waals surface area contributed by atoms with Crippen LogP contribution in [-0.4, -0.2) is 54.0 Å². The van der Waals surface area contributed by atoms with Gasteiger partial charge in [-0.1, -0.05) is 0 Å². The molecule has 12 heteroatoms. The Kier molecular flexibility index (Phi) is 7.08. The molecule has 2 atom stereocenters. The van der Waals surface area contributed by atoms with E-state index in [0.29, 0.717) is 54.9 Å². The topological polar surface area (TPSA) is 50.3 Å². The second kappa shape index (κ2) is 10.0. The Morgan fingerprint density at radius 1 is 0.919 bits per heavy atom. The van der Waals surface area contributed by atoms with E-state index in [0.717, 1.165) is 45.7 Å². The summed E-state index contributed by atoms with van der Waals surface area (Å²) in [5.74, 6) is -0.250. The van der Waals surface area contributed by atoms with Gasteiger partial charge in [0.05, 0.1) is 11.3 Å². The maximum atomic E-state index is 14.3. The van der Waals surface area contributed by atoms with Crippen molar-refractivity contribution in [2.45, 2.75) is 44.1 Å². The summed E-state index contributed by atoms with van der Waals surface area (Å²) in [5, 5.41) is 10.2. The molecule has 0 radical (unpaired) electrons. The van der Waals surface area contributed by atoms with Crippen LogP contribution in [0.3, 0.4) is 0 Å². The average Bonchev–Trinajstić information content (AvgIpc) is 3.37. The highest BCUT2D eigenvalue weighted by molar-refractivity contribution is 5.64. The van der Waals surface area contributed by atoms with E-state index in [9.17, 15) is 30.7 Å². The van der Waals surface area contributed by atoms with Crippen molar-refractivity contribution in [3.63, 3.8) is 0 Å². The Morgan fingerprint density at radius 3 is 2.22 bits per heavy atom. The molecule has 37 heavy (non-hydrogen) atoms. The molecule has 1 saturated carbocycles. The Balaban J connectivity index is 1.29. The van der Waals surface area contributed by atoms with E-state index in [1.807, 2.05) is 0 Å². The first-order valence-electron chi connectivity index (χ1n) is 12.4. The zero-order chi connectivity index (χ0) is 26.4. The number of ether oxygens (including phenoxy) is 1. The zero-order valence-corrected chi connectivity index (χ0v) is 19.9. The van der Waals surface area contributed by atoms with E-state index >= 15 is 0 Å². The number of hydrogen-bond donors (Lipinski definition) is 1. The first-order valence-corrected chi connectivity index (χ1v) is 12.4. The van der Waals surface area contributed by atoms with Crippen molar-refractivity contribution in [2.75, 3.05) is 38.2 Å². The molecule has 2 aliphatic heterocycles. The third-order valence-corrected chi connectivity index (χ3v) is 7.69. The van der Waals surface area contributed by atoms with Crippen LogP contribution < -0.4 is 5.32 Å². The minimum Gasteiger partial charge on any atom is -0.381 e. The van der Waals surface area contributed by atoms with Gasteiger partial charge >= 0.3 is 12.4 Å². The molecule has 3 aliphatic rings. The summed E-state index contributed by atoms with van der Waals surface area (Å²) in [7, 11) is 0. The van der Waals surface area contributed by atoms with Gasteiger partial charge in [0, 0.05) is 44.5 Å².